The van der Waals surface area contributed by atoms with Gasteiger partial charge in [-0.2, -0.15) is 0 Å². The van der Waals surface area contributed by atoms with Gasteiger partial charge in [0.05, 0.1) is 0 Å². The number of nitrogens with one attached hydrogen (secondary N) is 1. The average Bonchev–Trinajstić information content (AvgIpc) is 2.17. The van der Waals surface area contributed by atoms with E-state index in [1.807, 2.05) is 0 Å². The van der Waals surface area contributed by atoms with E-state index in [9.17, 15) is 4.79 Å². The summed E-state index contributed by atoms with van der Waals surface area (Å²) in [6.07, 6.45) is 0.556. The number of benzene rings is 1. The molecule has 0 saturated heterocycles. The SMILES string of the molecule is CNC(=O)CC(C)c1ccc(C)cc1C. The minimum atomic E-state index is 0.0995. The Kier molecular flexibility index (Phi) is 3.89. The zero-order valence-corrected chi connectivity index (χ0v) is 9.92. The van der Waals surface area contributed by atoms with Crippen molar-refractivity contribution in [1.29, 1.82) is 0 Å². The van der Waals surface area contributed by atoms with E-state index in [2.05, 4.69) is 44.3 Å². The summed E-state index contributed by atoms with van der Waals surface area (Å²) in [5, 5.41) is 2.66. The second kappa shape index (κ2) is 4.96. The van der Waals surface area contributed by atoms with Gasteiger partial charge in [-0.15, -0.1) is 0 Å². The molecule has 1 unspecified atom stereocenters. The topological polar surface area (TPSA) is 29.1 Å². The summed E-state index contributed by atoms with van der Waals surface area (Å²) in [4.78, 5) is 11.3. The third-order valence-corrected chi connectivity index (χ3v) is 2.73. The third kappa shape index (κ3) is 3.08. The van der Waals surface area contributed by atoms with Gasteiger partial charge in [-0.05, 0) is 30.9 Å². The highest BCUT2D eigenvalue weighted by molar-refractivity contribution is 5.76. The number of carbonyl (C=O) groups excluding carboxylic acids is 1. The highest BCUT2D eigenvalue weighted by atomic mass is 16.1. The number of hydrogen-bond acceptors (Lipinski definition) is 1. The van der Waals surface area contributed by atoms with Crippen molar-refractivity contribution in [3.63, 3.8) is 0 Å². The zero-order valence-electron chi connectivity index (χ0n) is 9.92. The molecule has 1 atom stereocenters. The summed E-state index contributed by atoms with van der Waals surface area (Å²) >= 11 is 0. The van der Waals surface area contributed by atoms with Gasteiger partial charge in [0.15, 0.2) is 0 Å². The van der Waals surface area contributed by atoms with Crippen molar-refractivity contribution >= 4 is 5.91 Å². The zero-order chi connectivity index (χ0) is 11.4. The van der Waals surface area contributed by atoms with Crippen LogP contribution in [-0.4, -0.2) is 13.0 Å². The van der Waals surface area contributed by atoms with E-state index < -0.39 is 0 Å². The Morgan fingerprint density at radius 2 is 2.07 bits per heavy atom. The number of amides is 1. The Hall–Kier alpha value is -1.31. The van der Waals surface area contributed by atoms with E-state index in [1.54, 1.807) is 7.05 Å². The lowest BCUT2D eigenvalue weighted by Crippen LogP contribution is -2.19. The third-order valence-electron chi connectivity index (χ3n) is 2.73. The molecule has 2 nitrogen and oxygen atoms in total. The highest BCUT2D eigenvalue weighted by Crippen LogP contribution is 2.23. The molecule has 2 heteroatoms. The van der Waals surface area contributed by atoms with Crippen LogP contribution in [0.2, 0.25) is 0 Å². The molecule has 1 rings (SSSR count). The molecule has 0 bridgehead atoms. The van der Waals surface area contributed by atoms with Crippen molar-refractivity contribution in [1.82, 2.24) is 5.32 Å². The molecule has 1 aromatic rings. The predicted molar refractivity (Wildman–Crippen MR) is 63.0 cm³/mol. The molecule has 15 heavy (non-hydrogen) atoms. The number of hydrogen-bond donors (Lipinski definition) is 1. The van der Waals surface area contributed by atoms with Gasteiger partial charge in [0.2, 0.25) is 5.91 Å². The van der Waals surface area contributed by atoms with Crippen LogP contribution in [0.25, 0.3) is 0 Å². The fraction of sp³-hybridized carbons (Fsp3) is 0.462. The molecule has 0 aliphatic heterocycles. The van der Waals surface area contributed by atoms with E-state index >= 15 is 0 Å². The maximum absolute atomic E-state index is 11.3. The molecule has 1 aromatic carbocycles. The molecule has 1 amide bonds. The van der Waals surface area contributed by atoms with Crippen molar-refractivity contribution in [3.05, 3.63) is 34.9 Å². The standard InChI is InChI=1S/C13H19NO/c1-9-5-6-12(10(2)7-9)11(3)8-13(15)14-4/h5-7,11H,8H2,1-4H3,(H,14,15). The monoisotopic (exact) mass is 205 g/mol. The van der Waals surface area contributed by atoms with E-state index in [0.717, 1.165) is 0 Å². The largest absolute Gasteiger partial charge is 0.359 e. The fourth-order valence-corrected chi connectivity index (χ4v) is 1.87. The molecule has 0 spiro atoms. The minimum absolute atomic E-state index is 0.0995. The van der Waals surface area contributed by atoms with Gasteiger partial charge >= 0.3 is 0 Å². The number of aryl methyl sites for hydroxylation is 2. The quantitative estimate of drug-likeness (QED) is 0.807. The van der Waals surface area contributed by atoms with Crippen LogP contribution < -0.4 is 5.32 Å². The van der Waals surface area contributed by atoms with E-state index in [-0.39, 0.29) is 11.8 Å². The second-order valence-corrected chi connectivity index (χ2v) is 4.14. The van der Waals surface area contributed by atoms with Gasteiger partial charge in [0, 0.05) is 13.5 Å². The smallest absolute Gasteiger partial charge is 0.220 e. The van der Waals surface area contributed by atoms with Crippen LogP contribution in [0.4, 0.5) is 0 Å². The van der Waals surface area contributed by atoms with E-state index in [0.29, 0.717) is 6.42 Å². The maximum atomic E-state index is 11.3. The molecule has 0 fully saturated rings. The molecule has 0 saturated carbocycles. The number of rotatable bonds is 3. The van der Waals surface area contributed by atoms with Crippen molar-refractivity contribution in [2.45, 2.75) is 33.1 Å². The van der Waals surface area contributed by atoms with Crippen molar-refractivity contribution in [2.24, 2.45) is 0 Å². The summed E-state index contributed by atoms with van der Waals surface area (Å²) in [5.41, 5.74) is 3.80. The van der Waals surface area contributed by atoms with Gasteiger partial charge < -0.3 is 5.32 Å². The number of carbonyl (C=O) groups is 1. The first kappa shape index (κ1) is 11.8. The molecule has 82 valence electrons. The van der Waals surface area contributed by atoms with Gasteiger partial charge in [0.1, 0.15) is 0 Å². The lowest BCUT2D eigenvalue weighted by Gasteiger charge is -2.14. The van der Waals surface area contributed by atoms with E-state index in [4.69, 9.17) is 0 Å². The van der Waals surface area contributed by atoms with Crippen LogP contribution in [0, 0.1) is 13.8 Å². The Bertz CT molecular complexity index is 358. The molecule has 0 radical (unpaired) electrons. The Morgan fingerprint density at radius 1 is 1.40 bits per heavy atom. The van der Waals surface area contributed by atoms with Crippen LogP contribution >= 0.6 is 0 Å². The first-order chi connectivity index (χ1) is 7.04. The van der Waals surface area contributed by atoms with Crippen molar-refractivity contribution in [2.75, 3.05) is 7.05 Å². The maximum Gasteiger partial charge on any atom is 0.220 e. The predicted octanol–water partition coefficient (Wildman–Crippen LogP) is 2.54. The first-order valence-electron chi connectivity index (χ1n) is 5.32. The molecule has 0 aliphatic carbocycles. The Morgan fingerprint density at radius 3 is 2.60 bits per heavy atom. The van der Waals surface area contributed by atoms with Gasteiger partial charge in [0.25, 0.3) is 0 Å². The van der Waals surface area contributed by atoms with E-state index in [1.165, 1.54) is 16.7 Å². The van der Waals surface area contributed by atoms with Crippen LogP contribution in [0.3, 0.4) is 0 Å². The molecule has 0 aliphatic rings. The molecule has 0 heterocycles. The molecule has 1 N–H and O–H groups in total. The van der Waals surface area contributed by atoms with Gasteiger partial charge in [-0.3, -0.25) is 4.79 Å². The molecule has 0 aromatic heterocycles. The van der Waals surface area contributed by atoms with Crippen molar-refractivity contribution in [3.8, 4) is 0 Å². The summed E-state index contributed by atoms with van der Waals surface area (Å²) in [6, 6.07) is 6.39. The fourth-order valence-electron chi connectivity index (χ4n) is 1.87. The average molecular weight is 205 g/mol. The van der Waals surface area contributed by atoms with Gasteiger partial charge in [-0.1, -0.05) is 30.7 Å². The van der Waals surface area contributed by atoms with Gasteiger partial charge in [-0.25, -0.2) is 0 Å². The summed E-state index contributed by atoms with van der Waals surface area (Å²) < 4.78 is 0. The Labute approximate surface area is 91.7 Å². The normalized spacial score (nSPS) is 12.3. The molecular weight excluding hydrogens is 186 g/mol. The lowest BCUT2D eigenvalue weighted by molar-refractivity contribution is -0.120. The summed E-state index contributed by atoms with van der Waals surface area (Å²) in [5.74, 6) is 0.382. The first-order valence-corrected chi connectivity index (χ1v) is 5.32. The van der Waals surface area contributed by atoms with Crippen LogP contribution in [0.5, 0.6) is 0 Å². The summed E-state index contributed by atoms with van der Waals surface area (Å²) in [6.45, 7) is 6.27. The van der Waals surface area contributed by atoms with Crippen LogP contribution in [0.1, 0.15) is 36.0 Å². The highest BCUT2D eigenvalue weighted by Gasteiger charge is 2.11. The summed E-state index contributed by atoms with van der Waals surface area (Å²) in [7, 11) is 1.68. The molecular formula is C13H19NO. The lowest BCUT2D eigenvalue weighted by atomic mass is 9.92. The minimum Gasteiger partial charge on any atom is -0.359 e. The Balaban J connectivity index is 2.82. The van der Waals surface area contributed by atoms with Crippen LogP contribution in [0.15, 0.2) is 18.2 Å². The van der Waals surface area contributed by atoms with Crippen LogP contribution in [-0.2, 0) is 4.79 Å². The van der Waals surface area contributed by atoms with Crippen molar-refractivity contribution < 1.29 is 4.79 Å². The second-order valence-electron chi connectivity index (χ2n) is 4.14.